The van der Waals surface area contributed by atoms with E-state index in [-0.39, 0.29) is 5.91 Å². The van der Waals surface area contributed by atoms with Gasteiger partial charge in [0.25, 0.3) is 0 Å². The van der Waals surface area contributed by atoms with E-state index in [4.69, 9.17) is 4.74 Å². The van der Waals surface area contributed by atoms with Crippen molar-refractivity contribution in [2.45, 2.75) is 27.2 Å². The number of amides is 1. The van der Waals surface area contributed by atoms with Crippen LogP contribution in [0.3, 0.4) is 0 Å². The molecule has 1 aliphatic heterocycles. The lowest BCUT2D eigenvalue weighted by Gasteiger charge is -2.36. The molecule has 0 aliphatic carbocycles. The minimum absolute atomic E-state index is 0.0232. The number of piperazine rings is 1. The smallest absolute Gasteiger partial charge is 0.227 e. The number of para-hydroxylation sites is 2. The Hall–Kier alpha value is -2.53. The third-order valence-electron chi connectivity index (χ3n) is 5.48. The number of benzene rings is 2. The molecule has 0 atom stereocenters. The Bertz CT molecular complexity index is 798. The van der Waals surface area contributed by atoms with Gasteiger partial charge in [-0.2, -0.15) is 0 Å². The zero-order valence-electron chi connectivity index (χ0n) is 17.2. The molecule has 0 radical (unpaired) electrons. The Labute approximate surface area is 168 Å². The second-order valence-corrected chi connectivity index (χ2v) is 7.28. The number of nitrogens with one attached hydrogen (secondary N) is 1. The molecule has 1 aliphatic rings. The molecule has 1 N–H and O–H groups in total. The van der Waals surface area contributed by atoms with E-state index in [9.17, 15) is 4.79 Å². The Kier molecular flexibility index (Phi) is 6.93. The van der Waals surface area contributed by atoms with Gasteiger partial charge in [0, 0.05) is 26.2 Å². The van der Waals surface area contributed by atoms with Crippen molar-refractivity contribution in [3.8, 4) is 5.75 Å². The predicted molar refractivity (Wildman–Crippen MR) is 115 cm³/mol. The van der Waals surface area contributed by atoms with Gasteiger partial charge in [0.05, 0.1) is 24.4 Å². The van der Waals surface area contributed by atoms with E-state index in [1.807, 2.05) is 37.3 Å². The third-order valence-corrected chi connectivity index (χ3v) is 5.48. The number of aryl methyl sites for hydroxylation is 1. The van der Waals surface area contributed by atoms with E-state index in [1.54, 1.807) is 0 Å². The quantitative estimate of drug-likeness (QED) is 0.791. The molecule has 3 rings (SSSR count). The number of rotatable bonds is 7. The first-order valence-corrected chi connectivity index (χ1v) is 10.1. The van der Waals surface area contributed by atoms with Crippen molar-refractivity contribution in [1.29, 1.82) is 0 Å². The number of anilines is 2. The summed E-state index contributed by atoms with van der Waals surface area (Å²) >= 11 is 0. The lowest BCUT2D eigenvalue weighted by molar-refractivity contribution is -0.116. The SMILES string of the molecule is CCN1CCN(c2ccccc2NC(=O)CCOc2cccc(C)c2C)CC1. The maximum Gasteiger partial charge on any atom is 0.227 e. The van der Waals surface area contributed by atoms with E-state index in [0.717, 1.165) is 55.4 Å². The largest absolute Gasteiger partial charge is 0.493 e. The van der Waals surface area contributed by atoms with Gasteiger partial charge >= 0.3 is 0 Å². The van der Waals surface area contributed by atoms with Crippen LogP contribution < -0.4 is 15.0 Å². The molecule has 28 heavy (non-hydrogen) atoms. The Morgan fingerprint density at radius 1 is 1.04 bits per heavy atom. The van der Waals surface area contributed by atoms with Crippen LogP contribution in [-0.4, -0.2) is 50.1 Å². The predicted octanol–water partition coefficient (Wildman–Crippen LogP) is 3.85. The van der Waals surface area contributed by atoms with E-state index in [0.29, 0.717) is 13.0 Å². The van der Waals surface area contributed by atoms with Gasteiger partial charge in [-0.1, -0.05) is 31.2 Å². The highest BCUT2D eigenvalue weighted by Crippen LogP contribution is 2.27. The fraction of sp³-hybridized carbons (Fsp3) is 0.435. The van der Waals surface area contributed by atoms with E-state index < -0.39 is 0 Å². The van der Waals surface area contributed by atoms with Gasteiger partial charge in [0.2, 0.25) is 5.91 Å². The summed E-state index contributed by atoms with van der Waals surface area (Å²) in [6.07, 6.45) is 0.325. The van der Waals surface area contributed by atoms with E-state index in [2.05, 4.69) is 41.1 Å². The van der Waals surface area contributed by atoms with Crippen molar-refractivity contribution in [2.75, 3.05) is 49.5 Å². The highest BCUT2D eigenvalue weighted by atomic mass is 16.5. The molecule has 1 saturated heterocycles. The molecule has 150 valence electrons. The Morgan fingerprint density at radius 2 is 1.79 bits per heavy atom. The molecule has 1 heterocycles. The number of likely N-dealkylation sites (N-methyl/N-ethyl adjacent to an activating group) is 1. The summed E-state index contributed by atoms with van der Waals surface area (Å²) in [5.41, 5.74) is 4.30. The van der Waals surface area contributed by atoms with Crippen molar-refractivity contribution < 1.29 is 9.53 Å². The summed E-state index contributed by atoms with van der Waals surface area (Å²) < 4.78 is 5.82. The highest BCUT2D eigenvalue weighted by molar-refractivity contribution is 5.94. The molecule has 2 aromatic carbocycles. The summed E-state index contributed by atoms with van der Waals surface area (Å²) in [5.74, 6) is 0.826. The molecule has 1 amide bonds. The van der Waals surface area contributed by atoms with Gasteiger partial charge in [-0.15, -0.1) is 0 Å². The van der Waals surface area contributed by atoms with E-state index in [1.165, 1.54) is 5.56 Å². The number of carbonyl (C=O) groups is 1. The van der Waals surface area contributed by atoms with Gasteiger partial charge in [0.15, 0.2) is 0 Å². The lowest BCUT2D eigenvalue weighted by Crippen LogP contribution is -2.46. The Morgan fingerprint density at radius 3 is 2.54 bits per heavy atom. The zero-order valence-corrected chi connectivity index (χ0v) is 17.2. The fourth-order valence-electron chi connectivity index (χ4n) is 3.51. The lowest BCUT2D eigenvalue weighted by atomic mass is 10.1. The highest BCUT2D eigenvalue weighted by Gasteiger charge is 2.18. The molecule has 5 nitrogen and oxygen atoms in total. The van der Waals surface area contributed by atoms with E-state index >= 15 is 0 Å². The minimum atomic E-state index is -0.0232. The van der Waals surface area contributed by atoms with Crippen LogP contribution in [0.1, 0.15) is 24.5 Å². The molecule has 0 aromatic heterocycles. The van der Waals surface area contributed by atoms with Crippen LogP contribution in [0.4, 0.5) is 11.4 Å². The molecular weight excluding hydrogens is 350 g/mol. The number of nitrogens with zero attached hydrogens (tertiary/aromatic N) is 2. The molecule has 1 fully saturated rings. The zero-order chi connectivity index (χ0) is 19.9. The Balaban J connectivity index is 1.55. The average Bonchev–Trinajstić information content (AvgIpc) is 2.72. The summed E-state index contributed by atoms with van der Waals surface area (Å²) in [6.45, 7) is 11.8. The first kappa shape index (κ1) is 20.2. The van der Waals surface area contributed by atoms with Crippen LogP contribution in [0, 0.1) is 13.8 Å². The normalized spacial score (nSPS) is 14.8. The number of carbonyl (C=O) groups excluding carboxylic acids is 1. The second kappa shape index (κ2) is 9.60. The van der Waals surface area contributed by atoms with Gasteiger partial charge in [-0.3, -0.25) is 4.79 Å². The van der Waals surface area contributed by atoms with Crippen molar-refractivity contribution in [3.63, 3.8) is 0 Å². The summed E-state index contributed by atoms with van der Waals surface area (Å²) in [7, 11) is 0. The maximum absolute atomic E-state index is 12.5. The molecular formula is C23H31N3O2. The van der Waals surface area contributed by atoms with Crippen LogP contribution in [0.2, 0.25) is 0 Å². The van der Waals surface area contributed by atoms with Gasteiger partial charge in [-0.05, 0) is 49.7 Å². The van der Waals surface area contributed by atoms with Crippen LogP contribution >= 0.6 is 0 Å². The topological polar surface area (TPSA) is 44.8 Å². The van der Waals surface area contributed by atoms with Gasteiger partial charge < -0.3 is 19.9 Å². The number of hydrogen-bond acceptors (Lipinski definition) is 4. The molecule has 0 bridgehead atoms. The fourth-order valence-corrected chi connectivity index (χ4v) is 3.51. The van der Waals surface area contributed by atoms with Crippen molar-refractivity contribution >= 4 is 17.3 Å². The third kappa shape index (κ3) is 5.04. The first-order valence-electron chi connectivity index (χ1n) is 10.1. The van der Waals surface area contributed by atoms with Crippen molar-refractivity contribution in [2.24, 2.45) is 0 Å². The van der Waals surface area contributed by atoms with Crippen molar-refractivity contribution in [1.82, 2.24) is 4.90 Å². The monoisotopic (exact) mass is 381 g/mol. The molecule has 0 spiro atoms. The first-order chi connectivity index (χ1) is 13.6. The van der Waals surface area contributed by atoms with Crippen LogP contribution in [0.15, 0.2) is 42.5 Å². The standard InChI is InChI=1S/C23H31N3O2/c1-4-25-13-15-26(16-14-25)21-10-6-5-9-20(21)24-23(27)12-17-28-22-11-7-8-18(2)19(22)3/h5-11H,4,12-17H2,1-3H3,(H,24,27). The molecule has 5 heteroatoms. The maximum atomic E-state index is 12.5. The summed E-state index contributed by atoms with van der Waals surface area (Å²) in [6, 6.07) is 14.0. The van der Waals surface area contributed by atoms with Crippen LogP contribution in [0.5, 0.6) is 5.75 Å². The van der Waals surface area contributed by atoms with Gasteiger partial charge in [-0.25, -0.2) is 0 Å². The molecule has 2 aromatic rings. The van der Waals surface area contributed by atoms with Crippen LogP contribution in [0.25, 0.3) is 0 Å². The number of hydrogen-bond donors (Lipinski definition) is 1. The van der Waals surface area contributed by atoms with Crippen LogP contribution in [-0.2, 0) is 4.79 Å². The summed E-state index contributed by atoms with van der Waals surface area (Å²) in [4.78, 5) is 17.3. The average molecular weight is 382 g/mol. The second-order valence-electron chi connectivity index (χ2n) is 7.28. The number of ether oxygens (including phenoxy) is 1. The summed E-state index contributed by atoms with van der Waals surface area (Å²) in [5, 5.41) is 3.07. The molecule has 0 saturated carbocycles. The minimum Gasteiger partial charge on any atom is -0.493 e. The molecule has 0 unspecified atom stereocenters. The van der Waals surface area contributed by atoms with Crippen molar-refractivity contribution in [3.05, 3.63) is 53.6 Å². The van der Waals surface area contributed by atoms with Gasteiger partial charge in [0.1, 0.15) is 5.75 Å².